The molecule has 0 radical (unpaired) electrons. The zero-order valence-corrected chi connectivity index (χ0v) is 10.9. The summed E-state index contributed by atoms with van der Waals surface area (Å²) in [5, 5.41) is 0. The summed E-state index contributed by atoms with van der Waals surface area (Å²) in [4.78, 5) is 10.1. The first-order chi connectivity index (χ1) is 8.75. The molecule has 1 aromatic carbocycles. The lowest BCUT2D eigenvalue weighted by molar-refractivity contribution is 0.0731. The first-order valence-electron chi connectivity index (χ1n) is 5.64. The molecule has 92 valence electrons. The molecule has 3 nitrogen and oxygen atoms in total. The number of hydrogen-bond acceptors (Lipinski definition) is 3. The van der Waals surface area contributed by atoms with Gasteiger partial charge >= 0.3 is 0 Å². The second-order valence-electron chi connectivity index (χ2n) is 3.89. The number of hydrogen-bond donors (Lipinski definition) is 1. The van der Waals surface area contributed by atoms with Crippen LogP contribution in [-0.2, 0) is 11.4 Å². The van der Waals surface area contributed by atoms with Crippen LogP contribution in [0, 0.1) is 6.92 Å². The maximum absolute atomic E-state index is 5.37. The monoisotopic (exact) mass is 258 g/mol. The third kappa shape index (κ3) is 3.61. The smallest absolute Gasteiger partial charge is 0.130 e. The second kappa shape index (κ2) is 6.23. The Morgan fingerprint density at radius 1 is 1.28 bits per heavy atom. The summed E-state index contributed by atoms with van der Waals surface area (Å²) in [7, 11) is 0. The Morgan fingerprint density at radius 3 is 2.78 bits per heavy atom. The van der Waals surface area contributed by atoms with E-state index in [2.05, 4.69) is 10.5 Å². The third-order valence-corrected chi connectivity index (χ3v) is 2.72. The lowest BCUT2D eigenvalue weighted by Crippen LogP contribution is -2.22. The Kier molecular flexibility index (Phi) is 4.39. The van der Waals surface area contributed by atoms with Gasteiger partial charge in [0, 0.05) is 17.5 Å². The van der Waals surface area contributed by atoms with Crippen molar-refractivity contribution in [2.75, 3.05) is 0 Å². The van der Waals surface area contributed by atoms with Crippen LogP contribution in [0.1, 0.15) is 16.8 Å². The van der Waals surface area contributed by atoms with E-state index in [1.54, 1.807) is 6.20 Å². The van der Waals surface area contributed by atoms with Crippen molar-refractivity contribution in [3.8, 4) is 0 Å². The van der Waals surface area contributed by atoms with Crippen LogP contribution < -0.4 is 5.48 Å². The fourth-order valence-corrected chi connectivity index (χ4v) is 1.72. The molecule has 18 heavy (non-hydrogen) atoms. The van der Waals surface area contributed by atoms with Crippen LogP contribution in [0.3, 0.4) is 0 Å². The van der Waals surface area contributed by atoms with Crippen LogP contribution in [0.4, 0.5) is 0 Å². The molecule has 0 saturated heterocycles. The predicted molar refractivity (Wildman–Crippen MR) is 75.0 cm³/mol. The number of benzene rings is 1. The molecule has 2 aromatic rings. The van der Waals surface area contributed by atoms with E-state index in [1.165, 1.54) is 0 Å². The number of nitrogens with one attached hydrogen (secondary N) is 1. The van der Waals surface area contributed by atoms with Crippen molar-refractivity contribution >= 4 is 17.2 Å². The maximum atomic E-state index is 5.37. The van der Waals surface area contributed by atoms with Gasteiger partial charge in [-0.3, -0.25) is 15.3 Å². The fourth-order valence-electron chi connectivity index (χ4n) is 1.53. The average molecular weight is 258 g/mol. The second-order valence-corrected chi connectivity index (χ2v) is 4.30. The third-order valence-electron chi connectivity index (χ3n) is 2.40. The standard InChI is InChI=1S/C14H14N2OS/c1-11-9-12(7-8-15-11)10-17-16-14(18)13-5-3-2-4-6-13/h2-9H,10H2,1H3,(H,16,18). The first kappa shape index (κ1) is 12.7. The topological polar surface area (TPSA) is 34.1 Å². The first-order valence-corrected chi connectivity index (χ1v) is 6.05. The lowest BCUT2D eigenvalue weighted by Gasteiger charge is -2.08. The quantitative estimate of drug-likeness (QED) is 0.675. The lowest BCUT2D eigenvalue weighted by atomic mass is 10.2. The molecule has 0 aliphatic carbocycles. The van der Waals surface area contributed by atoms with Gasteiger partial charge in [0.1, 0.15) is 4.99 Å². The number of thiocarbonyl (C=S) groups is 1. The Labute approximate surface area is 112 Å². The highest BCUT2D eigenvalue weighted by Gasteiger charge is 2.00. The highest BCUT2D eigenvalue weighted by molar-refractivity contribution is 7.80. The van der Waals surface area contributed by atoms with E-state index in [-0.39, 0.29) is 0 Å². The molecule has 0 amide bonds. The van der Waals surface area contributed by atoms with Crippen molar-refractivity contribution in [1.82, 2.24) is 10.5 Å². The minimum atomic E-state index is 0.455. The molecule has 4 heteroatoms. The summed E-state index contributed by atoms with van der Waals surface area (Å²) >= 11 is 5.21. The molecule has 0 atom stereocenters. The molecule has 1 heterocycles. The highest BCUT2D eigenvalue weighted by Crippen LogP contribution is 2.03. The largest absolute Gasteiger partial charge is 0.271 e. The molecule has 2 rings (SSSR count). The van der Waals surface area contributed by atoms with E-state index in [1.807, 2.05) is 49.4 Å². The van der Waals surface area contributed by atoms with Gasteiger partial charge in [-0.05, 0) is 24.6 Å². The van der Waals surface area contributed by atoms with Crippen LogP contribution in [0.15, 0.2) is 48.7 Å². The molecule has 0 bridgehead atoms. The molecule has 0 aliphatic rings. The van der Waals surface area contributed by atoms with E-state index in [9.17, 15) is 0 Å². The van der Waals surface area contributed by atoms with Crippen molar-refractivity contribution in [3.63, 3.8) is 0 Å². The number of hydroxylamine groups is 1. The Bertz CT molecular complexity index is 528. The minimum absolute atomic E-state index is 0.455. The van der Waals surface area contributed by atoms with Gasteiger partial charge in [0.05, 0.1) is 6.61 Å². The van der Waals surface area contributed by atoms with Crippen LogP contribution in [0.25, 0.3) is 0 Å². The van der Waals surface area contributed by atoms with Gasteiger partial charge < -0.3 is 0 Å². The van der Waals surface area contributed by atoms with Crippen LogP contribution in [0.5, 0.6) is 0 Å². The highest BCUT2D eigenvalue weighted by atomic mass is 32.1. The summed E-state index contributed by atoms with van der Waals surface area (Å²) in [5.74, 6) is 0. The van der Waals surface area contributed by atoms with E-state index in [4.69, 9.17) is 17.1 Å². The molecule has 0 fully saturated rings. The summed E-state index contributed by atoms with van der Waals surface area (Å²) in [6.45, 7) is 2.40. The molecular formula is C14H14N2OS. The number of aryl methyl sites for hydroxylation is 1. The zero-order chi connectivity index (χ0) is 12.8. The summed E-state index contributed by atoms with van der Waals surface area (Å²) in [6, 6.07) is 13.6. The van der Waals surface area contributed by atoms with E-state index >= 15 is 0 Å². The average Bonchev–Trinajstić information content (AvgIpc) is 2.40. The van der Waals surface area contributed by atoms with Gasteiger partial charge in [-0.1, -0.05) is 42.5 Å². The van der Waals surface area contributed by atoms with Crippen molar-refractivity contribution in [2.45, 2.75) is 13.5 Å². The Hall–Kier alpha value is -1.78. The maximum Gasteiger partial charge on any atom is 0.130 e. The molecule has 1 aromatic heterocycles. The summed E-state index contributed by atoms with van der Waals surface area (Å²) < 4.78 is 0. The molecular weight excluding hydrogens is 244 g/mol. The van der Waals surface area contributed by atoms with Gasteiger partial charge in [-0.15, -0.1) is 0 Å². The van der Waals surface area contributed by atoms with Crippen molar-refractivity contribution in [3.05, 3.63) is 65.5 Å². The molecule has 1 N–H and O–H groups in total. The zero-order valence-electron chi connectivity index (χ0n) is 10.1. The normalized spacial score (nSPS) is 10.1. The Morgan fingerprint density at radius 2 is 2.06 bits per heavy atom. The van der Waals surface area contributed by atoms with Gasteiger partial charge in [0.25, 0.3) is 0 Å². The number of aromatic nitrogens is 1. The number of rotatable bonds is 4. The van der Waals surface area contributed by atoms with Crippen molar-refractivity contribution in [2.24, 2.45) is 0 Å². The molecule has 0 unspecified atom stereocenters. The molecule has 0 spiro atoms. The van der Waals surface area contributed by atoms with Crippen molar-refractivity contribution in [1.29, 1.82) is 0 Å². The van der Waals surface area contributed by atoms with Crippen LogP contribution in [0.2, 0.25) is 0 Å². The molecule has 0 aliphatic heterocycles. The predicted octanol–water partition coefficient (Wildman–Crippen LogP) is 2.79. The SMILES string of the molecule is Cc1cc(CONC(=S)c2ccccc2)ccn1. The van der Waals surface area contributed by atoms with Gasteiger partial charge in [-0.25, -0.2) is 0 Å². The number of pyridine rings is 1. The van der Waals surface area contributed by atoms with Crippen LogP contribution in [-0.4, -0.2) is 9.97 Å². The van der Waals surface area contributed by atoms with Gasteiger partial charge in [-0.2, -0.15) is 0 Å². The Balaban J connectivity index is 1.84. The van der Waals surface area contributed by atoms with Crippen LogP contribution >= 0.6 is 12.2 Å². The number of nitrogens with zero attached hydrogens (tertiary/aromatic N) is 1. The van der Waals surface area contributed by atoms with Gasteiger partial charge in [0.2, 0.25) is 0 Å². The van der Waals surface area contributed by atoms with E-state index in [0.29, 0.717) is 11.6 Å². The molecule has 0 saturated carbocycles. The summed E-state index contributed by atoms with van der Waals surface area (Å²) in [5.41, 5.74) is 5.76. The summed E-state index contributed by atoms with van der Waals surface area (Å²) in [6.07, 6.45) is 1.77. The minimum Gasteiger partial charge on any atom is -0.271 e. The van der Waals surface area contributed by atoms with E-state index in [0.717, 1.165) is 16.8 Å². The van der Waals surface area contributed by atoms with E-state index < -0.39 is 0 Å². The fraction of sp³-hybridized carbons (Fsp3) is 0.143. The van der Waals surface area contributed by atoms with Gasteiger partial charge in [0.15, 0.2) is 0 Å². The van der Waals surface area contributed by atoms with Crippen molar-refractivity contribution < 1.29 is 4.84 Å².